The van der Waals surface area contributed by atoms with Gasteiger partial charge in [-0.15, -0.1) is 0 Å². The van der Waals surface area contributed by atoms with E-state index in [1.165, 1.54) is 36.4 Å². The van der Waals surface area contributed by atoms with Crippen molar-refractivity contribution in [2.75, 3.05) is 10.6 Å². The fourth-order valence-corrected chi connectivity index (χ4v) is 6.51. The summed E-state index contributed by atoms with van der Waals surface area (Å²) < 4.78 is 68.3. The van der Waals surface area contributed by atoms with Gasteiger partial charge in [0.15, 0.2) is 0 Å². The molecule has 38 heavy (non-hydrogen) atoms. The fourth-order valence-electron chi connectivity index (χ4n) is 3.49. The van der Waals surface area contributed by atoms with Gasteiger partial charge in [-0.1, -0.05) is 0 Å². The van der Waals surface area contributed by atoms with Gasteiger partial charge in [0.1, 0.15) is 31.7 Å². The van der Waals surface area contributed by atoms with Crippen LogP contribution in [0.2, 0.25) is 0 Å². The maximum atomic E-state index is 12.5. The molecule has 0 aromatic heterocycles. The number of urea groups is 1. The van der Waals surface area contributed by atoms with Crippen molar-refractivity contribution in [3.63, 3.8) is 0 Å². The smallest absolute Gasteiger partial charge is 0.744 e. The fraction of sp³-hybridized carbons (Fsp3) is 0. The van der Waals surface area contributed by atoms with Gasteiger partial charge in [-0.05, 0) is 91.2 Å². The van der Waals surface area contributed by atoms with Crippen LogP contribution in [-0.4, -0.2) is 42.2 Å². The monoisotopic (exact) mass is 704 g/mol. The first-order valence-corrected chi connectivity index (χ1v) is 14.0. The summed E-state index contributed by atoms with van der Waals surface area (Å²) in [6.45, 7) is 0. The SMILES string of the molecule is O=C(Nc1ccc2c(O)c(Br)c(S(=O)(=O)[O-])cc2c1)Nc1ccc2c(O)c(Br)c(S(=O)(=O)[O-])cc2c1.[Na+].[Na+]. The van der Waals surface area contributed by atoms with Crippen LogP contribution in [0.1, 0.15) is 0 Å². The van der Waals surface area contributed by atoms with Gasteiger partial charge >= 0.3 is 65.1 Å². The van der Waals surface area contributed by atoms with E-state index in [9.17, 15) is 40.9 Å². The Labute approximate surface area is 277 Å². The Morgan fingerprint density at radius 1 is 0.684 bits per heavy atom. The molecule has 2 amide bonds. The van der Waals surface area contributed by atoms with Crippen LogP contribution in [0.3, 0.4) is 0 Å². The quantitative estimate of drug-likeness (QED) is 0.143. The molecule has 0 atom stereocenters. The minimum Gasteiger partial charge on any atom is -0.744 e. The van der Waals surface area contributed by atoms with Gasteiger partial charge in [-0.2, -0.15) is 0 Å². The number of nitrogens with one attached hydrogen (secondary N) is 2. The average molecular weight is 706 g/mol. The summed E-state index contributed by atoms with van der Waals surface area (Å²) in [6, 6.07) is 9.74. The molecule has 0 spiro atoms. The molecule has 17 heteroatoms. The zero-order valence-electron chi connectivity index (χ0n) is 19.4. The Kier molecular flexibility index (Phi) is 10.7. The van der Waals surface area contributed by atoms with E-state index in [1.54, 1.807) is 0 Å². The molecule has 4 aromatic carbocycles. The van der Waals surface area contributed by atoms with Crippen LogP contribution in [0.5, 0.6) is 11.5 Å². The van der Waals surface area contributed by atoms with Crippen LogP contribution in [0.25, 0.3) is 21.5 Å². The number of anilines is 2. The second-order valence-electron chi connectivity index (χ2n) is 7.43. The number of hydrogen-bond acceptors (Lipinski definition) is 9. The zero-order chi connectivity index (χ0) is 26.6. The molecule has 4 rings (SSSR count). The molecule has 11 nitrogen and oxygen atoms in total. The van der Waals surface area contributed by atoms with E-state index in [1.807, 2.05) is 0 Å². The number of aromatic hydroxyl groups is 2. The molecule has 0 unspecified atom stereocenters. The van der Waals surface area contributed by atoms with E-state index < -0.39 is 47.6 Å². The van der Waals surface area contributed by atoms with Crippen LogP contribution < -0.4 is 69.7 Å². The molecule has 4 N–H and O–H groups in total. The Balaban J connectivity index is 0.00000253. The van der Waals surface area contributed by atoms with Crippen molar-refractivity contribution < 1.29 is 100 Å². The van der Waals surface area contributed by atoms with Crippen molar-refractivity contribution in [2.45, 2.75) is 9.79 Å². The zero-order valence-corrected chi connectivity index (χ0v) is 28.2. The van der Waals surface area contributed by atoms with Crippen LogP contribution in [0, 0.1) is 0 Å². The maximum absolute atomic E-state index is 12.5. The van der Waals surface area contributed by atoms with Crippen LogP contribution in [0.15, 0.2) is 67.3 Å². The summed E-state index contributed by atoms with van der Waals surface area (Å²) in [5.41, 5.74) is 0.385. The maximum Gasteiger partial charge on any atom is 1.00 e. The third-order valence-corrected chi connectivity index (χ3v) is 8.94. The average Bonchev–Trinajstić information content (AvgIpc) is 2.77. The van der Waals surface area contributed by atoms with Gasteiger partial charge in [-0.25, -0.2) is 21.6 Å². The van der Waals surface area contributed by atoms with Gasteiger partial charge < -0.3 is 30.0 Å². The first-order valence-electron chi connectivity index (χ1n) is 9.57. The molecule has 0 fully saturated rings. The number of carbonyl (C=O) groups excluding carboxylic acids is 1. The van der Waals surface area contributed by atoms with Gasteiger partial charge in [0.05, 0.1) is 18.7 Å². The second kappa shape index (κ2) is 12.3. The number of fused-ring (bicyclic) bond motifs is 2. The van der Waals surface area contributed by atoms with E-state index in [2.05, 4.69) is 42.5 Å². The first kappa shape index (κ1) is 33.3. The summed E-state index contributed by atoms with van der Waals surface area (Å²) in [5.74, 6) is -0.910. The first-order chi connectivity index (χ1) is 16.7. The summed E-state index contributed by atoms with van der Waals surface area (Å²) in [5, 5.41) is 26.3. The van der Waals surface area contributed by atoms with Crippen molar-refractivity contribution >= 4 is 91.0 Å². The number of phenols is 2. The largest absolute Gasteiger partial charge is 1.00 e. The number of hydrogen-bond donors (Lipinski definition) is 4. The number of phenolic OH excluding ortho intramolecular Hbond substituents is 2. The second-order valence-corrected chi connectivity index (χ2v) is 11.7. The number of halogens is 2. The molecule has 188 valence electrons. The van der Waals surface area contributed by atoms with E-state index in [0.29, 0.717) is 0 Å². The number of carbonyl (C=O) groups is 1. The van der Waals surface area contributed by atoms with Gasteiger partial charge in [0.25, 0.3) is 0 Å². The molecule has 0 saturated carbocycles. The van der Waals surface area contributed by atoms with E-state index in [4.69, 9.17) is 0 Å². The molecule has 0 aliphatic rings. The van der Waals surface area contributed by atoms with E-state index in [-0.39, 0.29) is 101 Å². The topological polar surface area (TPSA) is 196 Å². The Morgan fingerprint density at radius 3 is 1.34 bits per heavy atom. The molecule has 4 aromatic rings. The number of rotatable bonds is 4. The molecular weight excluding hydrogens is 694 g/mol. The third kappa shape index (κ3) is 6.85. The summed E-state index contributed by atoms with van der Waals surface area (Å²) in [7, 11) is -9.79. The molecule has 0 aliphatic carbocycles. The Hall–Kier alpha value is -0.950. The normalized spacial score (nSPS) is 11.5. The molecule has 0 aliphatic heterocycles. The van der Waals surface area contributed by atoms with E-state index >= 15 is 0 Å². The molecular formula is C21H12Br2N2Na2O9S2. The number of amides is 2. The minimum atomic E-state index is -4.89. The van der Waals surface area contributed by atoms with Crippen molar-refractivity contribution in [1.29, 1.82) is 0 Å². The predicted molar refractivity (Wildman–Crippen MR) is 135 cm³/mol. The molecule has 0 radical (unpaired) electrons. The Bertz CT molecular complexity index is 1690. The summed E-state index contributed by atoms with van der Waals surface area (Å²) >= 11 is 5.79. The standard InChI is InChI=1S/C21H14Br2N2O9S2.2Na/c22-17-15(35(29,30)31)7-9-5-11(1-3-13(9)19(17)26)24-21(28)25-12-2-4-14-10(6-12)8-16(36(32,33)34)18(23)20(14)27;;/h1-8,26-27H,(H2,24,25,28)(H,29,30,31)(H,32,33,34);;/q;2*+1/p-2. The molecule has 0 heterocycles. The van der Waals surface area contributed by atoms with Crippen LogP contribution in [0.4, 0.5) is 16.2 Å². The van der Waals surface area contributed by atoms with E-state index in [0.717, 1.165) is 12.1 Å². The van der Waals surface area contributed by atoms with Crippen LogP contribution in [-0.2, 0) is 20.2 Å². The van der Waals surface area contributed by atoms with Crippen molar-refractivity contribution in [3.05, 3.63) is 57.5 Å². The van der Waals surface area contributed by atoms with Gasteiger partial charge in [-0.3, -0.25) is 0 Å². The predicted octanol–water partition coefficient (Wildman–Crippen LogP) is -1.61. The Morgan fingerprint density at radius 2 is 1.03 bits per heavy atom. The summed E-state index contributed by atoms with van der Waals surface area (Å²) in [4.78, 5) is 11.2. The van der Waals surface area contributed by atoms with Crippen molar-refractivity contribution in [1.82, 2.24) is 0 Å². The molecule has 0 bridgehead atoms. The molecule has 0 saturated heterocycles. The summed E-state index contributed by atoms with van der Waals surface area (Å²) in [6.07, 6.45) is 0. The number of benzene rings is 4. The van der Waals surface area contributed by atoms with Gasteiger partial charge in [0.2, 0.25) is 0 Å². The van der Waals surface area contributed by atoms with Crippen LogP contribution >= 0.6 is 31.9 Å². The minimum absolute atomic E-state index is 0. The third-order valence-electron chi connectivity index (χ3n) is 5.09. The van der Waals surface area contributed by atoms with Gasteiger partial charge in [0, 0.05) is 22.1 Å². The van der Waals surface area contributed by atoms with Crippen molar-refractivity contribution in [2.24, 2.45) is 0 Å². The van der Waals surface area contributed by atoms with Crippen molar-refractivity contribution in [3.8, 4) is 11.5 Å².